The van der Waals surface area contributed by atoms with Crippen molar-refractivity contribution in [2.45, 2.75) is 13.3 Å². The molecule has 0 aliphatic heterocycles. The minimum atomic E-state index is -0.0519. The summed E-state index contributed by atoms with van der Waals surface area (Å²) >= 11 is 0. The third-order valence-electron chi connectivity index (χ3n) is 2.03. The molecule has 0 aromatic carbocycles. The van der Waals surface area contributed by atoms with Crippen LogP contribution < -0.4 is 0 Å². The maximum atomic E-state index is 11.7. The largest absolute Gasteiger partial charge is 0.472 e. The van der Waals surface area contributed by atoms with E-state index in [0.717, 1.165) is 11.3 Å². The first kappa shape index (κ1) is 9.58. The molecule has 2 aromatic rings. The highest BCUT2D eigenvalue weighted by atomic mass is 16.3. The van der Waals surface area contributed by atoms with Crippen LogP contribution in [0.4, 0.5) is 0 Å². The smallest absolute Gasteiger partial charge is 0.187 e. The number of carbonyl (C=O) groups excluding carboxylic acids is 1. The van der Waals surface area contributed by atoms with Crippen molar-refractivity contribution in [3.8, 4) is 0 Å². The summed E-state index contributed by atoms with van der Waals surface area (Å²) in [7, 11) is 0. The van der Waals surface area contributed by atoms with E-state index in [9.17, 15) is 4.79 Å². The van der Waals surface area contributed by atoms with Crippen LogP contribution in [0.3, 0.4) is 0 Å². The lowest BCUT2D eigenvalue weighted by molar-refractivity contribution is 0.0987. The fraction of sp³-hybridized carbons (Fsp3) is 0.182. The maximum absolute atomic E-state index is 11.7. The number of hydrogen-bond donors (Lipinski definition) is 0. The Morgan fingerprint density at radius 2 is 2.20 bits per heavy atom. The molecule has 15 heavy (non-hydrogen) atoms. The molecule has 0 bridgehead atoms. The van der Waals surface area contributed by atoms with Crippen molar-refractivity contribution in [2.24, 2.45) is 0 Å². The molecule has 0 fully saturated rings. The molecule has 0 N–H and O–H groups in total. The van der Waals surface area contributed by atoms with Gasteiger partial charge in [-0.2, -0.15) is 5.10 Å². The minimum absolute atomic E-state index is 0.0519. The molecule has 0 amide bonds. The lowest BCUT2D eigenvalue weighted by Gasteiger charge is -1.97. The van der Waals surface area contributed by atoms with Crippen LogP contribution in [0.1, 0.15) is 21.7 Å². The zero-order valence-electron chi connectivity index (χ0n) is 8.30. The Labute approximate surface area is 86.9 Å². The summed E-state index contributed by atoms with van der Waals surface area (Å²) in [6.45, 7) is 1.83. The van der Waals surface area contributed by atoms with Crippen LogP contribution in [0, 0.1) is 6.92 Å². The highest BCUT2D eigenvalue weighted by molar-refractivity contribution is 5.95. The minimum Gasteiger partial charge on any atom is -0.472 e. The Hall–Kier alpha value is -1.97. The average molecular weight is 202 g/mol. The van der Waals surface area contributed by atoms with Gasteiger partial charge in [0.15, 0.2) is 5.78 Å². The molecular weight excluding hydrogens is 192 g/mol. The van der Waals surface area contributed by atoms with Gasteiger partial charge in [-0.15, -0.1) is 5.10 Å². The van der Waals surface area contributed by atoms with Gasteiger partial charge in [-0.1, -0.05) is 0 Å². The fourth-order valence-corrected chi connectivity index (χ4v) is 1.22. The first-order valence-electron chi connectivity index (χ1n) is 4.60. The number of aromatic nitrogens is 2. The van der Waals surface area contributed by atoms with E-state index in [1.165, 1.54) is 0 Å². The summed E-state index contributed by atoms with van der Waals surface area (Å²) in [5, 5.41) is 7.66. The molecule has 0 saturated heterocycles. The zero-order chi connectivity index (χ0) is 10.7. The van der Waals surface area contributed by atoms with Crippen LogP contribution in [-0.2, 0) is 6.42 Å². The molecule has 0 aliphatic rings. The van der Waals surface area contributed by atoms with Crippen LogP contribution in [0.25, 0.3) is 0 Å². The number of hydrogen-bond acceptors (Lipinski definition) is 4. The summed E-state index contributed by atoms with van der Waals surface area (Å²) in [6, 6.07) is 5.22. The van der Waals surface area contributed by atoms with Gasteiger partial charge in [-0.3, -0.25) is 4.79 Å². The molecule has 0 saturated carbocycles. The van der Waals surface area contributed by atoms with E-state index < -0.39 is 0 Å². The molecule has 2 rings (SSSR count). The number of nitrogens with zero attached hydrogens (tertiary/aromatic N) is 2. The molecule has 76 valence electrons. The van der Waals surface area contributed by atoms with Crippen molar-refractivity contribution in [1.82, 2.24) is 10.2 Å². The van der Waals surface area contributed by atoms with E-state index in [0.29, 0.717) is 12.1 Å². The Balaban J connectivity index is 2.11. The van der Waals surface area contributed by atoms with Crippen LogP contribution in [0.5, 0.6) is 0 Å². The van der Waals surface area contributed by atoms with E-state index in [2.05, 4.69) is 10.2 Å². The molecule has 0 aliphatic carbocycles. The van der Waals surface area contributed by atoms with Crippen molar-refractivity contribution in [1.29, 1.82) is 0 Å². The highest BCUT2D eigenvalue weighted by Crippen LogP contribution is 2.05. The molecule has 4 nitrogen and oxygen atoms in total. The quantitative estimate of drug-likeness (QED) is 0.712. The van der Waals surface area contributed by atoms with Gasteiger partial charge < -0.3 is 4.42 Å². The number of Topliss-reactive ketones (excluding diaryl/α,β-unsaturated/α-hetero) is 1. The van der Waals surface area contributed by atoms with Crippen molar-refractivity contribution in [3.05, 3.63) is 47.7 Å². The normalized spacial score (nSPS) is 10.2. The molecule has 0 atom stereocenters. The Bertz CT molecular complexity index is 446. The lowest BCUT2D eigenvalue weighted by atomic mass is 10.1. The molecule has 2 aromatic heterocycles. The van der Waals surface area contributed by atoms with Gasteiger partial charge in [0.05, 0.1) is 18.2 Å². The maximum Gasteiger partial charge on any atom is 0.187 e. The summed E-state index contributed by atoms with van der Waals surface area (Å²) < 4.78 is 4.88. The fourth-order valence-electron chi connectivity index (χ4n) is 1.22. The van der Waals surface area contributed by atoms with Gasteiger partial charge in [-0.05, 0) is 30.7 Å². The molecule has 0 radical (unpaired) electrons. The highest BCUT2D eigenvalue weighted by Gasteiger charge is 2.09. The van der Waals surface area contributed by atoms with Crippen molar-refractivity contribution < 1.29 is 9.21 Å². The number of aryl methyl sites for hydroxylation is 1. The topological polar surface area (TPSA) is 56.0 Å². The van der Waals surface area contributed by atoms with Crippen LogP contribution in [0.2, 0.25) is 0 Å². The second kappa shape index (κ2) is 4.04. The molecule has 2 heterocycles. The molecule has 0 spiro atoms. The summed E-state index contributed by atoms with van der Waals surface area (Å²) in [5.41, 5.74) is 2.04. The number of ketones is 1. The Morgan fingerprint density at radius 3 is 2.80 bits per heavy atom. The standard InChI is InChI=1S/C11H10N2O2/c1-8-2-3-10(13-12-8)11(14)6-9-4-5-15-7-9/h2-5,7H,6H2,1H3. The van der Waals surface area contributed by atoms with E-state index in [4.69, 9.17) is 4.42 Å². The van der Waals surface area contributed by atoms with E-state index in [1.54, 1.807) is 30.7 Å². The number of rotatable bonds is 3. The van der Waals surface area contributed by atoms with Gasteiger partial charge in [0.1, 0.15) is 5.69 Å². The summed E-state index contributed by atoms with van der Waals surface area (Å²) in [5.74, 6) is -0.0519. The van der Waals surface area contributed by atoms with E-state index in [1.807, 2.05) is 6.92 Å². The van der Waals surface area contributed by atoms with Crippen molar-refractivity contribution in [2.75, 3.05) is 0 Å². The SMILES string of the molecule is Cc1ccc(C(=O)Cc2ccoc2)nn1. The monoisotopic (exact) mass is 202 g/mol. The van der Waals surface area contributed by atoms with Crippen LogP contribution in [-0.4, -0.2) is 16.0 Å². The van der Waals surface area contributed by atoms with Gasteiger partial charge in [-0.25, -0.2) is 0 Å². The Morgan fingerprint density at radius 1 is 1.33 bits per heavy atom. The van der Waals surface area contributed by atoms with Gasteiger partial charge in [0.25, 0.3) is 0 Å². The predicted octanol–water partition coefficient (Wildman–Crippen LogP) is 1.80. The van der Waals surface area contributed by atoms with E-state index in [-0.39, 0.29) is 5.78 Å². The lowest BCUT2D eigenvalue weighted by Crippen LogP contribution is -2.06. The molecule has 4 heteroatoms. The third kappa shape index (κ3) is 2.28. The molecular formula is C11H10N2O2. The average Bonchev–Trinajstić information content (AvgIpc) is 2.71. The third-order valence-corrected chi connectivity index (χ3v) is 2.03. The zero-order valence-corrected chi connectivity index (χ0v) is 8.30. The van der Waals surface area contributed by atoms with Crippen molar-refractivity contribution >= 4 is 5.78 Å². The first-order chi connectivity index (χ1) is 7.25. The van der Waals surface area contributed by atoms with Crippen LogP contribution >= 0.6 is 0 Å². The number of carbonyl (C=O) groups is 1. The van der Waals surface area contributed by atoms with E-state index >= 15 is 0 Å². The molecule has 0 unspecified atom stereocenters. The second-order valence-corrected chi connectivity index (χ2v) is 3.29. The van der Waals surface area contributed by atoms with Gasteiger partial charge >= 0.3 is 0 Å². The Kier molecular flexibility index (Phi) is 2.58. The van der Waals surface area contributed by atoms with Gasteiger partial charge in [0.2, 0.25) is 0 Å². The summed E-state index contributed by atoms with van der Waals surface area (Å²) in [4.78, 5) is 11.7. The van der Waals surface area contributed by atoms with Crippen LogP contribution in [0.15, 0.2) is 35.1 Å². The first-order valence-corrected chi connectivity index (χ1v) is 4.60. The second-order valence-electron chi connectivity index (χ2n) is 3.29. The summed E-state index contributed by atoms with van der Waals surface area (Å²) in [6.07, 6.45) is 3.40. The predicted molar refractivity (Wildman–Crippen MR) is 53.5 cm³/mol. The van der Waals surface area contributed by atoms with Gasteiger partial charge in [0, 0.05) is 6.42 Å². The number of furan rings is 1. The van der Waals surface area contributed by atoms with Crippen molar-refractivity contribution in [3.63, 3.8) is 0 Å².